The fourth-order valence-electron chi connectivity index (χ4n) is 0.995. The van der Waals surface area contributed by atoms with Crippen molar-refractivity contribution in [2.24, 2.45) is 5.73 Å². The van der Waals surface area contributed by atoms with Gasteiger partial charge in [-0.15, -0.1) is 0 Å². The van der Waals surface area contributed by atoms with Crippen LogP contribution in [0.2, 0.25) is 0 Å². The second-order valence-electron chi connectivity index (χ2n) is 2.34. The molecular weight excluding hydrogens is 174 g/mol. The lowest BCUT2D eigenvalue weighted by molar-refractivity contribution is 0.688. The Morgan fingerprint density at radius 3 is 3.17 bits per heavy atom. The minimum atomic E-state index is -1.05. The van der Waals surface area contributed by atoms with Crippen LogP contribution in [0.1, 0.15) is 11.5 Å². The van der Waals surface area contributed by atoms with Crippen LogP contribution in [0.5, 0.6) is 0 Å². The van der Waals surface area contributed by atoms with Gasteiger partial charge >= 0.3 is 0 Å². The summed E-state index contributed by atoms with van der Waals surface area (Å²) < 4.78 is 11.2. The van der Waals surface area contributed by atoms with Crippen LogP contribution in [-0.4, -0.2) is 14.2 Å². The highest BCUT2D eigenvalue weighted by molar-refractivity contribution is 7.88. The maximum Gasteiger partial charge on any atom is 0.142 e. The average molecular weight is 181 g/mol. The van der Waals surface area contributed by atoms with E-state index < -0.39 is 10.8 Å². The molecular formula is C7H7N3OS. The van der Waals surface area contributed by atoms with E-state index in [2.05, 4.69) is 9.97 Å². The van der Waals surface area contributed by atoms with Gasteiger partial charge in [0.1, 0.15) is 5.82 Å². The first kappa shape index (κ1) is 7.57. The van der Waals surface area contributed by atoms with Crippen molar-refractivity contribution in [2.45, 2.75) is 11.4 Å². The standard InChI is InChI=1S/C7H7N3OS/c8-3-7-9-4-6-5(10-7)1-2-12(6)11/h1-2,4H,3,8H2. The first-order chi connectivity index (χ1) is 5.81. The molecule has 0 spiro atoms. The normalized spacial score (nSPS) is 19.6. The van der Waals surface area contributed by atoms with E-state index in [1.165, 1.54) is 0 Å². The molecule has 1 aliphatic rings. The highest BCUT2D eigenvalue weighted by Gasteiger charge is 2.14. The molecule has 0 aromatic carbocycles. The van der Waals surface area contributed by atoms with Crippen LogP contribution in [0.15, 0.2) is 16.5 Å². The molecule has 1 aromatic rings. The van der Waals surface area contributed by atoms with Crippen molar-refractivity contribution >= 4 is 16.9 Å². The average Bonchev–Trinajstić information content (AvgIpc) is 2.47. The first-order valence-electron chi connectivity index (χ1n) is 3.46. The molecule has 2 heterocycles. The van der Waals surface area contributed by atoms with Gasteiger partial charge in [-0.05, 0) is 6.08 Å². The number of nitrogens with two attached hydrogens (primary N) is 1. The highest BCUT2D eigenvalue weighted by atomic mass is 32.2. The SMILES string of the molecule is NCc1ncc2c(n1)C=CS2=O. The van der Waals surface area contributed by atoms with Crippen LogP contribution in [0.25, 0.3) is 6.08 Å². The van der Waals surface area contributed by atoms with E-state index in [9.17, 15) is 4.21 Å². The van der Waals surface area contributed by atoms with Gasteiger partial charge in [0.05, 0.1) is 27.9 Å². The first-order valence-corrected chi connectivity index (χ1v) is 4.67. The van der Waals surface area contributed by atoms with Crippen molar-refractivity contribution in [2.75, 3.05) is 0 Å². The van der Waals surface area contributed by atoms with Crippen LogP contribution >= 0.6 is 0 Å². The summed E-state index contributed by atoms with van der Waals surface area (Å²) in [5, 5.41) is 1.60. The zero-order valence-corrected chi connectivity index (χ0v) is 7.04. The van der Waals surface area contributed by atoms with Gasteiger partial charge < -0.3 is 5.73 Å². The van der Waals surface area contributed by atoms with E-state index >= 15 is 0 Å². The lowest BCUT2D eigenvalue weighted by atomic mass is 10.4. The molecule has 12 heavy (non-hydrogen) atoms. The molecule has 0 fully saturated rings. The Morgan fingerprint density at radius 2 is 2.42 bits per heavy atom. The van der Waals surface area contributed by atoms with Crippen LogP contribution < -0.4 is 5.73 Å². The van der Waals surface area contributed by atoms with Gasteiger partial charge in [0.25, 0.3) is 0 Å². The molecule has 1 aliphatic heterocycles. The second-order valence-corrected chi connectivity index (χ2v) is 3.65. The van der Waals surface area contributed by atoms with Crippen molar-refractivity contribution in [3.63, 3.8) is 0 Å². The third-order valence-electron chi connectivity index (χ3n) is 1.58. The van der Waals surface area contributed by atoms with Gasteiger partial charge in [-0.25, -0.2) is 14.2 Å². The Morgan fingerprint density at radius 1 is 1.58 bits per heavy atom. The second kappa shape index (κ2) is 2.76. The highest BCUT2D eigenvalue weighted by Crippen LogP contribution is 2.20. The molecule has 0 aliphatic carbocycles. The predicted octanol–water partition coefficient (Wildman–Crippen LogP) is 0.0272. The monoisotopic (exact) mass is 181 g/mol. The number of rotatable bonds is 1. The molecule has 1 aromatic heterocycles. The number of nitrogens with zero attached hydrogens (tertiary/aromatic N) is 2. The van der Waals surface area contributed by atoms with Crippen LogP contribution in [0, 0.1) is 0 Å². The summed E-state index contributed by atoms with van der Waals surface area (Å²) in [4.78, 5) is 8.73. The fourth-order valence-corrected chi connectivity index (χ4v) is 1.87. The van der Waals surface area contributed by atoms with E-state index in [0.717, 1.165) is 5.69 Å². The van der Waals surface area contributed by atoms with Crippen molar-refractivity contribution < 1.29 is 4.21 Å². The third-order valence-corrected chi connectivity index (χ3v) is 2.71. The van der Waals surface area contributed by atoms with Crippen molar-refractivity contribution in [1.82, 2.24) is 9.97 Å². The van der Waals surface area contributed by atoms with Gasteiger partial charge in [-0.1, -0.05) is 0 Å². The smallest absolute Gasteiger partial charge is 0.142 e. The zero-order chi connectivity index (χ0) is 8.55. The van der Waals surface area contributed by atoms with E-state index in [1.807, 2.05) is 0 Å². The zero-order valence-electron chi connectivity index (χ0n) is 6.23. The Kier molecular flexibility index (Phi) is 1.74. The molecule has 0 saturated heterocycles. The van der Waals surface area contributed by atoms with Gasteiger partial charge in [0.15, 0.2) is 0 Å². The fraction of sp³-hybridized carbons (Fsp3) is 0.143. The summed E-state index contributed by atoms with van der Waals surface area (Å²) in [5.41, 5.74) is 6.08. The molecule has 2 rings (SSSR count). The minimum absolute atomic E-state index is 0.313. The minimum Gasteiger partial charge on any atom is -0.324 e. The quantitative estimate of drug-likeness (QED) is 0.663. The summed E-state index contributed by atoms with van der Waals surface area (Å²) in [6.07, 6.45) is 3.30. The van der Waals surface area contributed by atoms with Crippen molar-refractivity contribution in [1.29, 1.82) is 0 Å². The topological polar surface area (TPSA) is 68.9 Å². The summed E-state index contributed by atoms with van der Waals surface area (Å²) in [6.45, 7) is 0.313. The Hall–Kier alpha value is -1.07. The van der Waals surface area contributed by atoms with Crippen LogP contribution in [-0.2, 0) is 17.3 Å². The third kappa shape index (κ3) is 1.07. The predicted molar refractivity (Wildman–Crippen MR) is 45.4 cm³/mol. The Labute approximate surface area is 72.0 Å². The lowest BCUT2D eigenvalue weighted by Crippen LogP contribution is -2.04. The molecule has 5 heteroatoms. The molecule has 62 valence electrons. The van der Waals surface area contributed by atoms with E-state index in [1.54, 1.807) is 17.7 Å². The largest absolute Gasteiger partial charge is 0.324 e. The summed E-state index contributed by atoms with van der Waals surface area (Å²) in [6, 6.07) is 0. The molecule has 2 N–H and O–H groups in total. The molecule has 0 radical (unpaired) electrons. The van der Waals surface area contributed by atoms with Gasteiger partial charge in [0, 0.05) is 11.6 Å². The van der Waals surface area contributed by atoms with Gasteiger partial charge in [0.2, 0.25) is 0 Å². The summed E-state index contributed by atoms with van der Waals surface area (Å²) in [7, 11) is -1.05. The van der Waals surface area contributed by atoms with E-state index in [4.69, 9.17) is 5.73 Å². The van der Waals surface area contributed by atoms with Gasteiger partial charge in [-0.2, -0.15) is 0 Å². The maximum absolute atomic E-state index is 11.2. The maximum atomic E-state index is 11.2. The molecule has 0 saturated carbocycles. The molecule has 0 amide bonds. The molecule has 1 atom stereocenters. The van der Waals surface area contributed by atoms with Gasteiger partial charge in [-0.3, -0.25) is 0 Å². The van der Waals surface area contributed by atoms with E-state index in [0.29, 0.717) is 17.3 Å². The number of hydrogen-bond donors (Lipinski definition) is 1. The summed E-state index contributed by atoms with van der Waals surface area (Å²) >= 11 is 0. The number of hydrogen-bond acceptors (Lipinski definition) is 4. The van der Waals surface area contributed by atoms with Crippen LogP contribution in [0.4, 0.5) is 0 Å². The Bertz CT molecular complexity index is 375. The molecule has 0 bridgehead atoms. The van der Waals surface area contributed by atoms with Crippen molar-refractivity contribution in [3.8, 4) is 0 Å². The number of fused-ring (bicyclic) bond motifs is 1. The molecule has 1 unspecified atom stereocenters. The van der Waals surface area contributed by atoms with Crippen LogP contribution in [0.3, 0.4) is 0 Å². The Balaban J connectivity index is 2.54. The molecule has 4 nitrogen and oxygen atoms in total. The lowest BCUT2D eigenvalue weighted by Gasteiger charge is -1.97. The van der Waals surface area contributed by atoms with Crippen molar-refractivity contribution in [3.05, 3.63) is 23.1 Å². The number of aromatic nitrogens is 2. The summed E-state index contributed by atoms with van der Waals surface area (Å²) in [5.74, 6) is 0.581. The van der Waals surface area contributed by atoms with E-state index in [-0.39, 0.29) is 0 Å².